The summed E-state index contributed by atoms with van der Waals surface area (Å²) in [6.07, 6.45) is 3.77. The number of amides is 4. The predicted molar refractivity (Wildman–Crippen MR) is 111 cm³/mol. The second kappa shape index (κ2) is 8.16. The molecule has 0 saturated carbocycles. The maximum absolute atomic E-state index is 13.3. The Morgan fingerprint density at radius 2 is 1.94 bits per heavy atom. The van der Waals surface area contributed by atoms with E-state index < -0.39 is 29.7 Å². The first kappa shape index (κ1) is 21.4. The number of ether oxygens (including phenoxy) is 1. The van der Waals surface area contributed by atoms with Crippen LogP contribution in [0.3, 0.4) is 0 Å². The molecule has 1 unspecified atom stereocenters. The van der Waals surface area contributed by atoms with Gasteiger partial charge in [-0.25, -0.2) is 4.68 Å². The Labute approximate surface area is 188 Å². The molecule has 1 aromatic carbocycles. The number of nitrogens with one attached hydrogen (secondary N) is 1. The maximum atomic E-state index is 13.3. The van der Waals surface area contributed by atoms with Gasteiger partial charge in [-0.15, -0.1) is 5.10 Å². The van der Waals surface area contributed by atoms with Crippen LogP contribution in [0.5, 0.6) is 0 Å². The number of aliphatic hydroxyl groups excluding tert-OH is 1. The number of nitrogens with zero attached hydrogens (tertiary/aromatic N) is 4. The van der Waals surface area contributed by atoms with Crippen LogP contribution in [0.15, 0.2) is 24.4 Å². The Bertz CT molecular complexity index is 1150. The van der Waals surface area contributed by atoms with Gasteiger partial charge in [0.25, 0.3) is 11.8 Å². The molecule has 5 rings (SSSR count). The molecule has 0 radical (unpaired) electrons. The highest BCUT2D eigenvalue weighted by Crippen LogP contribution is 2.34. The number of hydrogen-bond donors (Lipinski definition) is 2. The van der Waals surface area contributed by atoms with Crippen LogP contribution in [0.4, 0.5) is 0 Å². The van der Waals surface area contributed by atoms with E-state index in [0.29, 0.717) is 43.9 Å². The third kappa shape index (κ3) is 3.62. The van der Waals surface area contributed by atoms with Crippen molar-refractivity contribution in [3.05, 3.63) is 41.2 Å². The topological polar surface area (TPSA) is 144 Å². The minimum atomic E-state index is -1.04. The molecular weight excluding hydrogens is 430 g/mol. The summed E-state index contributed by atoms with van der Waals surface area (Å²) in [5.74, 6) is -2.26. The number of aromatic nitrogens is 3. The van der Waals surface area contributed by atoms with Gasteiger partial charge in [-0.05, 0) is 31.4 Å². The molecule has 4 heterocycles. The number of benzene rings is 1. The third-order valence-electron chi connectivity index (χ3n) is 6.68. The molecule has 2 saturated heterocycles. The zero-order chi connectivity index (χ0) is 23.2. The number of imide groups is 2. The highest BCUT2D eigenvalue weighted by atomic mass is 16.5. The van der Waals surface area contributed by atoms with Gasteiger partial charge in [0.05, 0.1) is 28.7 Å². The maximum Gasteiger partial charge on any atom is 0.264 e. The number of carbonyl (C=O) groups is 4. The van der Waals surface area contributed by atoms with E-state index in [2.05, 4.69) is 15.6 Å². The molecule has 1 aromatic heterocycles. The molecule has 33 heavy (non-hydrogen) atoms. The van der Waals surface area contributed by atoms with Crippen molar-refractivity contribution in [2.45, 2.75) is 38.1 Å². The number of rotatable bonds is 5. The molecule has 11 nitrogen and oxygen atoms in total. The fraction of sp³-hybridized carbons (Fsp3) is 0.455. The van der Waals surface area contributed by atoms with E-state index in [9.17, 15) is 24.3 Å². The SMILES string of the molecule is O=C1CCC(N2C(=O)c3cccc(-n4cc(CC5(CO)CCOCC5)nn4)c3C2=O)C(=O)N1. The van der Waals surface area contributed by atoms with Gasteiger partial charge >= 0.3 is 0 Å². The van der Waals surface area contributed by atoms with E-state index in [1.807, 2.05) is 0 Å². The van der Waals surface area contributed by atoms with Gasteiger partial charge in [-0.2, -0.15) is 0 Å². The average Bonchev–Trinajstić information content (AvgIpc) is 3.37. The van der Waals surface area contributed by atoms with Crippen LogP contribution >= 0.6 is 0 Å². The zero-order valence-electron chi connectivity index (χ0n) is 17.8. The monoisotopic (exact) mass is 453 g/mol. The van der Waals surface area contributed by atoms with E-state index in [-0.39, 0.29) is 36.0 Å². The summed E-state index contributed by atoms with van der Waals surface area (Å²) in [7, 11) is 0. The van der Waals surface area contributed by atoms with Crippen molar-refractivity contribution in [2.75, 3.05) is 19.8 Å². The molecule has 0 spiro atoms. The molecule has 0 bridgehead atoms. The quantitative estimate of drug-likeness (QED) is 0.602. The molecule has 3 aliphatic heterocycles. The summed E-state index contributed by atoms with van der Waals surface area (Å²) >= 11 is 0. The number of piperidine rings is 1. The summed E-state index contributed by atoms with van der Waals surface area (Å²) in [5.41, 5.74) is 1.03. The fourth-order valence-electron chi connectivity index (χ4n) is 4.76. The second-order valence-corrected chi connectivity index (χ2v) is 8.75. The molecule has 2 N–H and O–H groups in total. The van der Waals surface area contributed by atoms with Crippen LogP contribution in [0.1, 0.15) is 52.1 Å². The first-order valence-electron chi connectivity index (χ1n) is 10.9. The lowest BCUT2D eigenvalue weighted by molar-refractivity contribution is -0.136. The third-order valence-corrected chi connectivity index (χ3v) is 6.68. The van der Waals surface area contributed by atoms with Gasteiger partial charge in [0, 0.05) is 38.1 Å². The Morgan fingerprint density at radius 3 is 2.67 bits per heavy atom. The molecule has 2 fully saturated rings. The number of fused-ring (bicyclic) bond motifs is 1. The van der Waals surface area contributed by atoms with Gasteiger partial charge in [-0.1, -0.05) is 11.3 Å². The van der Waals surface area contributed by atoms with Gasteiger partial charge in [-0.3, -0.25) is 29.4 Å². The summed E-state index contributed by atoms with van der Waals surface area (Å²) < 4.78 is 6.85. The number of hydrogen-bond acceptors (Lipinski definition) is 8. The number of aliphatic hydroxyl groups is 1. The van der Waals surface area contributed by atoms with Crippen LogP contribution in [0.2, 0.25) is 0 Å². The van der Waals surface area contributed by atoms with Crippen molar-refractivity contribution >= 4 is 23.6 Å². The van der Waals surface area contributed by atoms with E-state index in [1.54, 1.807) is 18.3 Å². The highest BCUT2D eigenvalue weighted by molar-refractivity contribution is 6.24. The van der Waals surface area contributed by atoms with E-state index in [4.69, 9.17) is 4.74 Å². The minimum Gasteiger partial charge on any atom is -0.396 e. The molecular formula is C22H23N5O6. The van der Waals surface area contributed by atoms with E-state index >= 15 is 0 Å². The minimum absolute atomic E-state index is 0.0118. The highest BCUT2D eigenvalue weighted by Gasteiger charge is 2.46. The Kier molecular flexibility index (Phi) is 5.29. The zero-order valence-corrected chi connectivity index (χ0v) is 17.8. The van der Waals surface area contributed by atoms with Crippen LogP contribution in [0.25, 0.3) is 5.69 Å². The van der Waals surface area contributed by atoms with Gasteiger partial charge in [0.15, 0.2) is 0 Å². The van der Waals surface area contributed by atoms with Crippen molar-refractivity contribution in [2.24, 2.45) is 5.41 Å². The molecule has 4 amide bonds. The van der Waals surface area contributed by atoms with Gasteiger partial charge in [0.2, 0.25) is 11.8 Å². The van der Waals surface area contributed by atoms with Gasteiger partial charge in [0.1, 0.15) is 6.04 Å². The fourth-order valence-corrected chi connectivity index (χ4v) is 4.76. The molecule has 2 aromatic rings. The van der Waals surface area contributed by atoms with E-state index in [0.717, 1.165) is 4.90 Å². The Balaban J connectivity index is 1.44. The van der Waals surface area contributed by atoms with Crippen molar-refractivity contribution in [3.63, 3.8) is 0 Å². The molecule has 1 atom stereocenters. The first-order valence-corrected chi connectivity index (χ1v) is 10.9. The molecule has 3 aliphatic rings. The average molecular weight is 453 g/mol. The van der Waals surface area contributed by atoms with Crippen molar-refractivity contribution in [1.82, 2.24) is 25.2 Å². The van der Waals surface area contributed by atoms with Crippen molar-refractivity contribution < 1.29 is 29.0 Å². The second-order valence-electron chi connectivity index (χ2n) is 8.75. The normalized spacial score (nSPS) is 22.5. The lowest BCUT2D eigenvalue weighted by Gasteiger charge is -2.34. The molecule has 172 valence electrons. The van der Waals surface area contributed by atoms with Crippen LogP contribution in [0, 0.1) is 5.41 Å². The lowest BCUT2D eigenvalue weighted by atomic mass is 9.77. The first-order chi connectivity index (χ1) is 15.9. The summed E-state index contributed by atoms with van der Waals surface area (Å²) in [5, 5.41) is 20.5. The van der Waals surface area contributed by atoms with Crippen LogP contribution in [-0.2, 0) is 20.7 Å². The Morgan fingerprint density at radius 1 is 1.15 bits per heavy atom. The smallest absolute Gasteiger partial charge is 0.264 e. The molecule has 0 aliphatic carbocycles. The molecule has 11 heteroatoms. The standard InChI is InChI=1S/C22H23N5O6/c28-12-22(6-8-33-9-7-22)10-13-11-26(25-24-13)15-3-1-2-14-18(15)21(32)27(20(14)31)16-4-5-17(29)23-19(16)30/h1-3,11,16,28H,4-10,12H2,(H,23,29,30). The van der Waals surface area contributed by atoms with E-state index in [1.165, 1.54) is 10.7 Å². The lowest BCUT2D eigenvalue weighted by Crippen LogP contribution is -2.54. The van der Waals surface area contributed by atoms with Crippen molar-refractivity contribution in [3.8, 4) is 5.69 Å². The predicted octanol–water partition coefficient (Wildman–Crippen LogP) is 0.000100. The van der Waals surface area contributed by atoms with Gasteiger partial charge < -0.3 is 9.84 Å². The van der Waals surface area contributed by atoms with Crippen LogP contribution < -0.4 is 5.32 Å². The van der Waals surface area contributed by atoms with Crippen molar-refractivity contribution in [1.29, 1.82) is 0 Å². The number of carbonyl (C=O) groups excluding carboxylic acids is 4. The van der Waals surface area contributed by atoms with Crippen LogP contribution in [-0.4, -0.2) is 74.5 Å². The Hall–Kier alpha value is -3.44. The summed E-state index contributed by atoms with van der Waals surface area (Å²) in [6, 6.07) is 3.80. The summed E-state index contributed by atoms with van der Waals surface area (Å²) in [6.45, 7) is 1.17. The largest absolute Gasteiger partial charge is 0.396 e. The summed E-state index contributed by atoms with van der Waals surface area (Å²) in [4.78, 5) is 51.0.